The third-order valence-electron chi connectivity index (χ3n) is 9.29. The Bertz CT molecular complexity index is 2860. The summed E-state index contributed by atoms with van der Waals surface area (Å²) >= 11 is 0. The zero-order chi connectivity index (χ0) is 40.8. The summed E-state index contributed by atoms with van der Waals surface area (Å²) < 4.78 is 37.8. The molecule has 0 aliphatic carbocycles. The number of ether oxygens (including phenoxy) is 1. The lowest BCUT2D eigenvalue weighted by Crippen LogP contribution is -2.08. The van der Waals surface area contributed by atoms with E-state index in [0.29, 0.717) is 50.5 Å². The van der Waals surface area contributed by atoms with Gasteiger partial charge < -0.3 is 20.3 Å². The fraction of sp³-hybridized carbons (Fsp3) is 0.136. The van der Waals surface area contributed by atoms with Crippen LogP contribution in [0.15, 0.2) is 152 Å². The number of nitrogens with zero attached hydrogens (tertiary/aromatic N) is 6. The van der Waals surface area contributed by atoms with Crippen molar-refractivity contribution >= 4 is 77.2 Å². The number of aryl methyl sites for hydroxylation is 3. The Hall–Kier alpha value is -7.03. The number of anilines is 2. The Morgan fingerprint density at radius 3 is 1.86 bits per heavy atom. The minimum Gasteiger partial charge on any atom is -0.507 e. The topological polar surface area (TPSA) is 190 Å². The van der Waals surface area contributed by atoms with Gasteiger partial charge in [0.05, 0.1) is 40.5 Å². The normalized spacial score (nSPS) is 12.1. The molecule has 0 aliphatic rings. The average Bonchev–Trinajstić information content (AvgIpc) is 3.20. The molecule has 7 aromatic carbocycles. The molecule has 7 aromatic rings. The molecule has 0 aromatic heterocycles. The van der Waals surface area contributed by atoms with Gasteiger partial charge in [0.1, 0.15) is 22.9 Å². The summed E-state index contributed by atoms with van der Waals surface area (Å²) in [6.07, 6.45) is 0.0356. The van der Waals surface area contributed by atoms with Crippen molar-refractivity contribution in [2.24, 2.45) is 30.7 Å². The largest absolute Gasteiger partial charge is 0.507 e. The minimum atomic E-state index is -4.17. The molecule has 0 heterocycles. The van der Waals surface area contributed by atoms with Crippen molar-refractivity contribution in [2.75, 3.05) is 17.7 Å². The van der Waals surface area contributed by atoms with E-state index in [2.05, 4.69) is 36.0 Å². The maximum Gasteiger partial charge on any atom is 0.264 e. The number of benzene rings is 7. The summed E-state index contributed by atoms with van der Waals surface area (Å²) in [6.45, 7) is 5.54. The van der Waals surface area contributed by atoms with Crippen LogP contribution < -0.4 is 10.1 Å². The van der Waals surface area contributed by atoms with Gasteiger partial charge in [0.2, 0.25) is 0 Å². The van der Waals surface area contributed by atoms with E-state index >= 15 is 0 Å². The van der Waals surface area contributed by atoms with Gasteiger partial charge in [0.15, 0.2) is 5.75 Å². The number of aromatic hydroxyl groups is 2. The van der Waals surface area contributed by atoms with Crippen molar-refractivity contribution in [1.29, 1.82) is 0 Å². The molecule has 0 radical (unpaired) electrons. The summed E-state index contributed by atoms with van der Waals surface area (Å²) in [4.78, 5) is 0. The van der Waals surface area contributed by atoms with E-state index in [1.54, 1.807) is 36.4 Å². The molecule has 13 nitrogen and oxygen atoms in total. The fourth-order valence-corrected chi connectivity index (χ4v) is 6.73. The molecule has 0 spiro atoms. The number of para-hydroxylation sites is 1. The Kier molecular flexibility index (Phi) is 11.5. The standard InChI is InChI=1S/C44H39N7O6S/c1-27-23-38(28(2)22-37(27)48-47-36-19-16-31-25-33(17-18-34(31)44(36)53)45-32-12-5-4-6-13-32)49-51-40-24-29(3)39(26-42(40)57-20-9-21-58(54,55)56)50-46-35-14-7-10-30-11-8-15-41(52)43(30)35/h4-8,10-19,22-26,45,52-53H,9,20-21H2,1-3H3,(H,54,55,56). The van der Waals surface area contributed by atoms with Gasteiger partial charge in [0.25, 0.3) is 10.1 Å². The number of phenolic OH excluding ortho intramolecular Hbond substituents is 2. The predicted octanol–water partition coefficient (Wildman–Crippen LogP) is 13.0. The van der Waals surface area contributed by atoms with E-state index in [9.17, 15) is 23.2 Å². The molecule has 14 heteroatoms. The van der Waals surface area contributed by atoms with Crippen LogP contribution in [0, 0.1) is 20.8 Å². The van der Waals surface area contributed by atoms with Gasteiger partial charge in [-0.1, -0.05) is 48.5 Å². The lowest BCUT2D eigenvalue weighted by atomic mass is 10.1. The number of nitrogens with one attached hydrogen (secondary N) is 1. The van der Waals surface area contributed by atoms with Crippen LogP contribution in [0.2, 0.25) is 0 Å². The molecule has 0 bridgehead atoms. The van der Waals surface area contributed by atoms with Crippen LogP contribution in [0.25, 0.3) is 21.5 Å². The van der Waals surface area contributed by atoms with Gasteiger partial charge >= 0.3 is 0 Å². The maximum absolute atomic E-state index is 11.3. The number of fused-ring (bicyclic) bond motifs is 2. The smallest absolute Gasteiger partial charge is 0.264 e. The highest BCUT2D eigenvalue weighted by molar-refractivity contribution is 7.85. The molecule has 0 amide bonds. The molecule has 4 N–H and O–H groups in total. The van der Waals surface area contributed by atoms with Crippen molar-refractivity contribution in [2.45, 2.75) is 27.2 Å². The quantitative estimate of drug-likeness (QED) is 0.0507. The SMILES string of the molecule is Cc1cc(N=Nc2ccc3cc(Nc4ccccc4)ccc3c2O)c(C)cc1N=Nc1cc(C)c(N=Nc2cccc3cccc(O)c23)cc1OCCCS(=O)(=O)O. The van der Waals surface area contributed by atoms with E-state index < -0.39 is 15.9 Å². The number of phenols is 2. The van der Waals surface area contributed by atoms with Crippen molar-refractivity contribution in [3.63, 3.8) is 0 Å². The van der Waals surface area contributed by atoms with E-state index in [-0.39, 0.29) is 30.3 Å². The van der Waals surface area contributed by atoms with Crippen LogP contribution in [-0.4, -0.2) is 35.5 Å². The van der Waals surface area contributed by atoms with Gasteiger partial charge in [-0.3, -0.25) is 4.55 Å². The van der Waals surface area contributed by atoms with Crippen molar-refractivity contribution < 1.29 is 27.9 Å². The number of hydrogen-bond acceptors (Lipinski definition) is 12. The second-order valence-corrected chi connectivity index (χ2v) is 15.2. The lowest BCUT2D eigenvalue weighted by Gasteiger charge is -2.11. The van der Waals surface area contributed by atoms with Gasteiger partial charge in [-0.05, 0) is 121 Å². The highest BCUT2D eigenvalue weighted by Gasteiger charge is 2.13. The monoisotopic (exact) mass is 793 g/mol. The summed E-state index contributed by atoms with van der Waals surface area (Å²) in [5.74, 6) is -0.0830. The number of azo groups is 3. The Morgan fingerprint density at radius 2 is 1.17 bits per heavy atom. The molecule has 292 valence electrons. The van der Waals surface area contributed by atoms with Crippen molar-refractivity contribution in [1.82, 2.24) is 0 Å². The molecule has 0 saturated carbocycles. The molecule has 0 unspecified atom stereocenters. The summed E-state index contributed by atoms with van der Waals surface area (Å²) in [5, 5.41) is 54.6. The van der Waals surface area contributed by atoms with Gasteiger partial charge in [-0.2, -0.15) is 23.8 Å². The first kappa shape index (κ1) is 39.2. The van der Waals surface area contributed by atoms with Crippen LogP contribution in [0.1, 0.15) is 23.1 Å². The molecular weight excluding hydrogens is 755 g/mol. The third-order valence-corrected chi connectivity index (χ3v) is 10.1. The average molecular weight is 794 g/mol. The third kappa shape index (κ3) is 9.32. The maximum atomic E-state index is 11.3. The lowest BCUT2D eigenvalue weighted by molar-refractivity contribution is 0.317. The zero-order valence-corrected chi connectivity index (χ0v) is 32.6. The summed E-state index contributed by atoms with van der Waals surface area (Å²) in [6, 6.07) is 36.9. The molecule has 58 heavy (non-hydrogen) atoms. The van der Waals surface area contributed by atoms with E-state index in [1.807, 2.05) is 106 Å². The summed E-state index contributed by atoms with van der Waals surface area (Å²) in [7, 11) is -4.17. The van der Waals surface area contributed by atoms with Crippen LogP contribution in [0.4, 0.5) is 45.5 Å². The molecule has 0 saturated heterocycles. The molecule has 0 atom stereocenters. The first-order valence-electron chi connectivity index (χ1n) is 18.3. The van der Waals surface area contributed by atoms with Crippen molar-refractivity contribution in [3.05, 3.63) is 138 Å². The van der Waals surface area contributed by atoms with Crippen LogP contribution in [0.3, 0.4) is 0 Å². The van der Waals surface area contributed by atoms with Gasteiger partial charge in [-0.15, -0.1) is 15.3 Å². The van der Waals surface area contributed by atoms with E-state index in [0.717, 1.165) is 33.3 Å². The first-order chi connectivity index (χ1) is 27.9. The highest BCUT2D eigenvalue weighted by Crippen LogP contribution is 2.41. The molecule has 7 rings (SSSR count). The molecule has 0 aliphatic heterocycles. The summed E-state index contributed by atoms with van der Waals surface area (Å²) in [5.41, 5.74) is 6.88. The minimum absolute atomic E-state index is 0.0268. The van der Waals surface area contributed by atoms with Gasteiger partial charge in [0, 0.05) is 22.8 Å². The highest BCUT2D eigenvalue weighted by atomic mass is 32.2. The van der Waals surface area contributed by atoms with E-state index in [4.69, 9.17) is 4.74 Å². The Labute approximate surface area is 334 Å². The number of hydrogen-bond donors (Lipinski definition) is 4. The van der Waals surface area contributed by atoms with Crippen LogP contribution >= 0.6 is 0 Å². The Balaban J connectivity index is 1.12. The van der Waals surface area contributed by atoms with E-state index in [1.165, 1.54) is 0 Å². The molecular formula is C44H39N7O6S. The fourth-order valence-electron chi connectivity index (χ4n) is 6.24. The van der Waals surface area contributed by atoms with Crippen LogP contribution in [0.5, 0.6) is 17.2 Å². The second kappa shape index (κ2) is 17.0. The van der Waals surface area contributed by atoms with Crippen molar-refractivity contribution in [3.8, 4) is 17.2 Å². The predicted molar refractivity (Wildman–Crippen MR) is 227 cm³/mol. The zero-order valence-electron chi connectivity index (χ0n) is 31.8. The molecule has 0 fully saturated rings. The van der Waals surface area contributed by atoms with Crippen LogP contribution in [-0.2, 0) is 10.1 Å². The second-order valence-electron chi connectivity index (χ2n) is 13.6. The number of rotatable bonds is 13. The van der Waals surface area contributed by atoms with Gasteiger partial charge in [-0.25, -0.2) is 0 Å². The first-order valence-corrected chi connectivity index (χ1v) is 19.9. The Morgan fingerprint density at radius 1 is 0.569 bits per heavy atom.